The van der Waals surface area contributed by atoms with Crippen molar-refractivity contribution in [3.8, 4) is 0 Å². The summed E-state index contributed by atoms with van der Waals surface area (Å²) in [6.07, 6.45) is 3.42. The van der Waals surface area contributed by atoms with Gasteiger partial charge in [0.15, 0.2) is 0 Å². The Morgan fingerprint density at radius 3 is 2.68 bits per heavy atom. The van der Waals surface area contributed by atoms with E-state index < -0.39 is 15.9 Å². The van der Waals surface area contributed by atoms with Crippen molar-refractivity contribution in [2.24, 2.45) is 0 Å². The average molecular weight is 398 g/mol. The van der Waals surface area contributed by atoms with Crippen LogP contribution in [0.25, 0.3) is 0 Å². The first-order valence-corrected chi connectivity index (χ1v) is 11.0. The van der Waals surface area contributed by atoms with E-state index in [1.54, 1.807) is 12.1 Å². The fraction of sp³-hybridized carbons (Fsp3) is 0.333. The van der Waals surface area contributed by atoms with Gasteiger partial charge in [-0.1, -0.05) is 36.4 Å². The topological polar surface area (TPSA) is 83.6 Å². The second-order valence-corrected chi connectivity index (χ2v) is 9.02. The van der Waals surface area contributed by atoms with Gasteiger partial charge in [0.05, 0.1) is 11.6 Å². The van der Waals surface area contributed by atoms with Crippen molar-refractivity contribution < 1.29 is 18.0 Å². The summed E-state index contributed by atoms with van der Waals surface area (Å²) in [6.45, 7) is 0.00448. The smallest absolute Gasteiger partial charge is 0.269 e. The standard InChI is InChI=1S/C21H22N2O4S/c24-20(22-18-11-5-8-15-7-1-2-9-16(15)18)13-6-14-23-21(25)17-10-3-4-12-19(17)28(23,26)27/h1-4,7,9-10,12,18H,5-6,8,11,13-14H2,(H,22,24)/t18-/m0/s1. The van der Waals surface area contributed by atoms with E-state index in [2.05, 4.69) is 11.4 Å². The Morgan fingerprint density at radius 2 is 1.86 bits per heavy atom. The van der Waals surface area contributed by atoms with Crippen LogP contribution >= 0.6 is 0 Å². The Labute approximate surface area is 164 Å². The van der Waals surface area contributed by atoms with E-state index in [1.165, 1.54) is 17.7 Å². The fourth-order valence-electron chi connectivity index (χ4n) is 4.01. The highest BCUT2D eigenvalue weighted by Crippen LogP contribution is 2.31. The van der Waals surface area contributed by atoms with E-state index in [4.69, 9.17) is 0 Å². The molecule has 0 radical (unpaired) electrons. The van der Waals surface area contributed by atoms with E-state index in [1.807, 2.05) is 18.2 Å². The van der Waals surface area contributed by atoms with Crippen LogP contribution in [-0.4, -0.2) is 31.1 Å². The van der Waals surface area contributed by atoms with Crippen molar-refractivity contribution in [3.05, 3.63) is 65.2 Å². The predicted molar refractivity (Wildman–Crippen MR) is 104 cm³/mol. The lowest BCUT2D eigenvalue weighted by Crippen LogP contribution is -2.33. The fourth-order valence-corrected chi connectivity index (χ4v) is 5.61. The number of fused-ring (bicyclic) bond motifs is 2. The van der Waals surface area contributed by atoms with Gasteiger partial charge in [-0.05, 0) is 48.9 Å². The van der Waals surface area contributed by atoms with Crippen LogP contribution in [0.15, 0.2) is 53.4 Å². The van der Waals surface area contributed by atoms with Gasteiger partial charge in [-0.2, -0.15) is 0 Å². The minimum Gasteiger partial charge on any atom is -0.349 e. The van der Waals surface area contributed by atoms with E-state index >= 15 is 0 Å². The summed E-state index contributed by atoms with van der Waals surface area (Å²) in [4.78, 5) is 24.8. The zero-order valence-electron chi connectivity index (χ0n) is 15.4. The molecule has 7 heteroatoms. The maximum atomic E-state index is 12.5. The first kappa shape index (κ1) is 18.7. The Balaban J connectivity index is 1.35. The summed E-state index contributed by atoms with van der Waals surface area (Å²) in [5, 5.41) is 3.06. The highest BCUT2D eigenvalue weighted by atomic mass is 32.2. The minimum absolute atomic E-state index is 0.00106. The summed E-state index contributed by atoms with van der Waals surface area (Å²) < 4.78 is 25.9. The van der Waals surface area contributed by atoms with Gasteiger partial charge in [-0.25, -0.2) is 12.7 Å². The zero-order valence-corrected chi connectivity index (χ0v) is 16.2. The van der Waals surface area contributed by atoms with Crippen LogP contribution in [0.5, 0.6) is 0 Å². The van der Waals surface area contributed by atoms with Crippen molar-refractivity contribution in [2.45, 2.75) is 43.0 Å². The molecule has 2 aromatic rings. The molecule has 4 rings (SSSR count). The van der Waals surface area contributed by atoms with Gasteiger partial charge >= 0.3 is 0 Å². The third kappa shape index (κ3) is 3.30. The lowest BCUT2D eigenvalue weighted by atomic mass is 9.87. The molecular formula is C21H22N2O4S. The maximum absolute atomic E-state index is 12.5. The normalized spacial score (nSPS) is 19.8. The number of hydrogen-bond acceptors (Lipinski definition) is 4. The molecule has 0 bridgehead atoms. The molecule has 1 atom stereocenters. The van der Waals surface area contributed by atoms with E-state index in [0.29, 0.717) is 6.42 Å². The van der Waals surface area contributed by atoms with Crippen molar-refractivity contribution in [3.63, 3.8) is 0 Å². The molecule has 0 spiro atoms. The molecular weight excluding hydrogens is 376 g/mol. The largest absolute Gasteiger partial charge is 0.349 e. The highest BCUT2D eigenvalue weighted by Gasteiger charge is 2.40. The van der Waals surface area contributed by atoms with Gasteiger partial charge in [-0.15, -0.1) is 0 Å². The molecule has 6 nitrogen and oxygen atoms in total. The molecule has 0 saturated heterocycles. The van der Waals surface area contributed by atoms with Gasteiger partial charge < -0.3 is 5.32 Å². The van der Waals surface area contributed by atoms with Crippen molar-refractivity contribution in [1.29, 1.82) is 0 Å². The molecule has 28 heavy (non-hydrogen) atoms. The Hall–Kier alpha value is -2.67. The molecule has 1 aliphatic heterocycles. The van der Waals surface area contributed by atoms with Gasteiger partial charge in [-0.3, -0.25) is 9.59 Å². The third-order valence-corrected chi connectivity index (χ3v) is 7.22. The first-order valence-electron chi connectivity index (χ1n) is 9.52. The SMILES string of the molecule is O=C(CCCN1C(=O)c2ccccc2S1(=O)=O)N[C@H]1CCCc2ccccc21. The Bertz CT molecular complexity index is 1030. The molecule has 0 saturated carbocycles. The molecule has 1 N–H and O–H groups in total. The number of hydrogen-bond donors (Lipinski definition) is 1. The number of carbonyl (C=O) groups excluding carboxylic acids is 2. The summed E-state index contributed by atoms with van der Waals surface area (Å²) in [5.41, 5.74) is 2.63. The quantitative estimate of drug-likeness (QED) is 0.839. The molecule has 1 heterocycles. The number of rotatable bonds is 5. The van der Waals surface area contributed by atoms with Crippen molar-refractivity contribution >= 4 is 21.8 Å². The average Bonchev–Trinajstić information content (AvgIpc) is 2.89. The second kappa shape index (κ2) is 7.39. The Kier molecular flexibility index (Phi) is 4.93. The number of nitrogens with one attached hydrogen (secondary N) is 1. The lowest BCUT2D eigenvalue weighted by Gasteiger charge is -2.26. The van der Waals surface area contributed by atoms with Crippen LogP contribution < -0.4 is 5.32 Å². The van der Waals surface area contributed by atoms with Crippen LogP contribution in [0.1, 0.15) is 53.2 Å². The van der Waals surface area contributed by atoms with Crippen molar-refractivity contribution in [2.75, 3.05) is 6.54 Å². The van der Waals surface area contributed by atoms with E-state index in [9.17, 15) is 18.0 Å². The molecule has 1 aliphatic carbocycles. The number of benzene rings is 2. The van der Waals surface area contributed by atoms with Crippen LogP contribution in [0.3, 0.4) is 0 Å². The minimum atomic E-state index is -3.81. The summed E-state index contributed by atoms with van der Waals surface area (Å²) in [6, 6.07) is 14.3. The number of amides is 2. The molecule has 0 unspecified atom stereocenters. The molecule has 0 aromatic heterocycles. The third-order valence-electron chi connectivity index (χ3n) is 5.38. The van der Waals surface area contributed by atoms with Crippen LogP contribution in [-0.2, 0) is 21.2 Å². The highest BCUT2D eigenvalue weighted by molar-refractivity contribution is 7.90. The van der Waals surface area contributed by atoms with Crippen molar-refractivity contribution in [1.82, 2.24) is 9.62 Å². The first-order chi connectivity index (χ1) is 13.5. The van der Waals surface area contributed by atoms with Crippen LogP contribution in [0, 0.1) is 0 Å². The van der Waals surface area contributed by atoms with Crippen LogP contribution in [0.4, 0.5) is 0 Å². The second-order valence-electron chi connectivity index (χ2n) is 7.19. The maximum Gasteiger partial charge on any atom is 0.269 e. The lowest BCUT2D eigenvalue weighted by molar-refractivity contribution is -0.122. The van der Waals surface area contributed by atoms with Gasteiger partial charge in [0, 0.05) is 13.0 Å². The van der Waals surface area contributed by atoms with Gasteiger partial charge in [0.1, 0.15) is 4.90 Å². The van der Waals surface area contributed by atoms with Gasteiger partial charge in [0.2, 0.25) is 5.91 Å². The predicted octanol–water partition coefficient (Wildman–Crippen LogP) is 2.81. The van der Waals surface area contributed by atoms with Gasteiger partial charge in [0.25, 0.3) is 15.9 Å². The summed E-state index contributed by atoms with van der Waals surface area (Å²) in [5.74, 6) is -0.638. The summed E-state index contributed by atoms with van der Waals surface area (Å²) >= 11 is 0. The number of sulfonamides is 1. The Morgan fingerprint density at radius 1 is 1.11 bits per heavy atom. The van der Waals surface area contributed by atoms with Crippen LogP contribution in [0.2, 0.25) is 0 Å². The molecule has 0 fully saturated rings. The summed E-state index contributed by atoms with van der Waals surface area (Å²) in [7, 11) is -3.81. The molecule has 2 amide bonds. The number of nitrogens with zero attached hydrogens (tertiary/aromatic N) is 1. The zero-order chi connectivity index (χ0) is 19.7. The molecule has 2 aliphatic rings. The number of aryl methyl sites for hydroxylation is 1. The van der Waals surface area contributed by atoms with E-state index in [-0.39, 0.29) is 35.4 Å². The van der Waals surface area contributed by atoms with E-state index in [0.717, 1.165) is 29.1 Å². The molecule has 2 aromatic carbocycles. The number of carbonyl (C=O) groups is 2. The monoisotopic (exact) mass is 398 g/mol. The molecule has 146 valence electrons.